The van der Waals surface area contributed by atoms with Gasteiger partial charge in [0.1, 0.15) is 0 Å². The van der Waals surface area contributed by atoms with Crippen LogP contribution in [0.25, 0.3) is 11.5 Å². The van der Waals surface area contributed by atoms with Crippen molar-refractivity contribution in [2.24, 2.45) is 0 Å². The van der Waals surface area contributed by atoms with Crippen LogP contribution in [0.15, 0.2) is 28.7 Å². The van der Waals surface area contributed by atoms with Crippen molar-refractivity contribution in [3.63, 3.8) is 0 Å². The molecule has 0 aliphatic heterocycles. The van der Waals surface area contributed by atoms with E-state index in [-0.39, 0.29) is 0 Å². The lowest BCUT2D eigenvalue weighted by Crippen LogP contribution is -2.08. The number of aryl methyl sites for hydroxylation is 1. The molecule has 1 heterocycles. The fourth-order valence-corrected chi connectivity index (χ4v) is 2.13. The number of aromatic nitrogens is 2. The van der Waals surface area contributed by atoms with Gasteiger partial charge in [-0.05, 0) is 54.7 Å². The van der Waals surface area contributed by atoms with Gasteiger partial charge in [-0.1, -0.05) is 12.1 Å². The first-order chi connectivity index (χ1) is 8.31. The highest BCUT2D eigenvalue weighted by Gasteiger charge is 2.10. The molecule has 4 nitrogen and oxygen atoms in total. The molecule has 0 aliphatic rings. The quantitative estimate of drug-likeness (QED) is 0.670. The Bertz CT molecular complexity index is 484. The van der Waals surface area contributed by atoms with Crippen molar-refractivity contribution in [2.75, 3.05) is 13.6 Å². The van der Waals surface area contributed by atoms with Gasteiger partial charge in [0, 0.05) is 9.99 Å². The average molecular weight is 343 g/mol. The molecule has 0 atom stereocenters. The molecule has 0 unspecified atom stereocenters. The van der Waals surface area contributed by atoms with Crippen molar-refractivity contribution >= 4 is 22.6 Å². The highest BCUT2D eigenvalue weighted by molar-refractivity contribution is 14.1. The molecule has 1 aromatic heterocycles. The third kappa shape index (κ3) is 3.26. The van der Waals surface area contributed by atoms with Crippen LogP contribution in [-0.4, -0.2) is 23.8 Å². The largest absolute Gasteiger partial charge is 0.421 e. The van der Waals surface area contributed by atoms with E-state index in [1.807, 2.05) is 31.3 Å². The molecule has 0 spiro atoms. The van der Waals surface area contributed by atoms with Gasteiger partial charge < -0.3 is 9.73 Å². The number of nitrogens with one attached hydrogen (secondary N) is 1. The number of benzene rings is 1. The van der Waals surface area contributed by atoms with Gasteiger partial charge in [0.15, 0.2) is 0 Å². The predicted octanol–water partition coefficient (Wildman–Crippen LogP) is 2.49. The van der Waals surface area contributed by atoms with Crippen molar-refractivity contribution in [2.45, 2.75) is 12.8 Å². The minimum absolute atomic E-state index is 0.606. The second kappa shape index (κ2) is 6.11. The van der Waals surface area contributed by atoms with E-state index < -0.39 is 0 Å². The molecule has 0 radical (unpaired) electrons. The van der Waals surface area contributed by atoms with Crippen LogP contribution in [0.3, 0.4) is 0 Å². The SMILES string of the molecule is CNCCCc1nnc(-c2ccccc2I)o1. The molecule has 2 aromatic rings. The van der Waals surface area contributed by atoms with Crippen LogP contribution in [-0.2, 0) is 6.42 Å². The molecule has 0 saturated carbocycles. The Morgan fingerprint density at radius 2 is 2.12 bits per heavy atom. The highest BCUT2D eigenvalue weighted by Crippen LogP contribution is 2.23. The van der Waals surface area contributed by atoms with E-state index in [0.29, 0.717) is 11.8 Å². The molecule has 1 aromatic carbocycles. The van der Waals surface area contributed by atoms with E-state index in [2.05, 4.69) is 38.1 Å². The lowest BCUT2D eigenvalue weighted by Gasteiger charge is -1.97. The second-order valence-electron chi connectivity index (χ2n) is 3.69. The lowest BCUT2D eigenvalue weighted by molar-refractivity contribution is 0.494. The number of hydrogen-bond donors (Lipinski definition) is 1. The molecule has 17 heavy (non-hydrogen) atoms. The Morgan fingerprint density at radius 3 is 2.88 bits per heavy atom. The third-order valence-corrected chi connectivity index (χ3v) is 3.33. The maximum absolute atomic E-state index is 5.64. The van der Waals surface area contributed by atoms with Crippen LogP contribution in [0.5, 0.6) is 0 Å². The summed E-state index contributed by atoms with van der Waals surface area (Å²) in [6.45, 7) is 0.959. The second-order valence-corrected chi connectivity index (χ2v) is 4.85. The van der Waals surface area contributed by atoms with Crippen LogP contribution in [0.4, 0.5) is 0 Å². The van der Waals surface area contributed by atoms with Crippen LogP contribution in [0.1, 0.15) is 12.3 Å². The van der Waals surface area contributed by atoms with Crippen molar-refractivity contribution in [1.82, 2.24) is 15.5 Å². The maximum Gasteiger partial charge on any atom is 0.248 e. The fourth-order valence-electron chi connectivity index (χ4n) is 1.51. The molecule has 5 heteroatoms. The Labute approximate surface area is 114 Å². The Hall–Kier alpha value is -0.950. The molecule has 0 amide bonds. The first kappa shape index (κ1) is 12.5. The normalized spacial score (nSPS) is 10.7. The van der Waals surface area contributed by atoms with Gasteiger partial charge in [0.2, 0.25) is 11.8 Å². The van der Waals surface area contributed by atoms with E-state index in [0.717, 1.165) is 28.5 Å². The van der Waals surface area contributed by atoms with E-state index in [1.54, 1.807) is 0 Å². The van der Waals surface area contributed by atoms with E-state index >= 15 is 0 Å². The number of nitrogens with zero attached hydrogens (tertiary/aromatic N) is 2. The third-order valence-electron chi connectivity index (χ3n) is 2.39. The maximum atomic E-state index is 5.64. The van der Waals surface area contributed by atoms with E-state index in [9.17, 15) is 0 Å². The summed E-state index contributed by atoms with van der Waals surface area (Å²) in [6, 6.07) is 7.99. The topological polar surface area (TPSA) is 51.0 Å². The summed E-state index contributed by atoms with van der Waals surface area (Å²) in [7, 11) is 1.94. The molecule has 0 aliphatic carbocycles. The Balaban J connectivity index is 2.10. The zero-order valence-electron chi connectivity index (χ0n) is 9.61. The molecule has 1 N–H and O–H groups in total. The predicted molar refractivity (Wildman–Crippen MR) is 74.7 cm³/mol. The number of rotatable bonds is 5. The summed E-state index contributed by atoms with van der Waals surface area (Å²) >= 11 is 2.27. The molecule has 0 fully saturated rings. The van der Waals surface area contributed by atoms with E-state index in [1.165, 1.54) is 0 Å². The molecule has 2 rings (SSSR count). The summed E-state index contributed by atoms with van der Waals surface area (Å²) in [5.74, 6) is 1.31. The summed E-state index contributed by atoms with van der Waals surface area (Å²) < 4.78 is 6.76. The Kier molecular flexibility index (Phi) is 4.49. The van der Waals surface area contributed by atoms with Gasteiger partial charge in [-0.2, -0.15) is 0 Å². The minimum Gasteiger partial charge on any atom is -0.421 e. The summed E-state index contributed by atoms with van der Waals surface area (Å²) in [4.78, 5) is 0. The van der Waals surface area contributed by atoms with Gasteiger partial charge in [-0.15, -0.1) is 10.2 Å². The highest BCUT2D eigenvalue weighted by atomic mass is 127. The molecular formula is C12H14IN3O. The monoisotopic (exact) mass is 343 g/mol. The summed E-state index contributed by atoms with van der Waals surface area (Å²) in [5.41, 5.74) is 1.00. The van der Waals surface area contributed by atoms with Gasteiger partial charge in [0.25, 0.3) is 0 Å². The van der Waals surface area contributed by atoms with Crippen molar-refractivity contribution in [3.8, 4) is 11.5 Å². The average Bonchev–Trinajstić information content (AvgIpc) is 2.79. The fraction of sp³-hybridized carbons (Fsp3) is 0.333. The summed E-state index contributed by atoms with van der Waals surface area (Å²) in [5, 5.41) is 11.2. The van der Waals surface area contributed by atoms with Crippen LogP contribution in [0, 0.1) is 3.57 Å². The molecule has 0 bridgehead atoms. The first-order valence-electron chi connectivity index (χ1n) is 5.53. The van der Waals surface area contributed by atoms with Gasteiger partial charge in [0.05, 0.1) is 5.56 Å². The van der Waals surface area contributed by atoms with Gasteiger partial charge >= 0.3 is 0 Å². The van der Waals surface area contributed by atoms with Crippen LogP contribution >= 0.6 is 22.6 Å². The van der Waals surface area contributed by atoms with E-state index in [4.69, 9.17) is 4.42 Å². The zero-order valence-corrected chi connectivity index (χ0v) is 11.8. The van der Waals surface area contributed by atoms with Crippen LogP contribution < -0.4 is 5.32 Å². The van der Waals surface area contributed by atoms with Crippen molar-refractivity contribution in [1.29, 1.82) is 0 Å². The molecular weight excluding hydrogens is 329 g/mol. The zero-order chi connectivity index (χ0) is 12.1. The number of hydrogen-bond acceptors (Lipinski definition) is 4. The smallest absolute Gasteiger partial charge is 0.248 e. The van der Waals surface area contributed by atoms with Crippen molar-refractivity contribution < 1.29 is 4.42 Å². The van der Waals surface area contributed by atoms with Gasteiger partial charge in [-0.25, -0.2) is 0 Å². The summed E-state index contributed by atoms with van der Waals surface area (Å²) in [6.07, 6.45) is 1.82. The standard InChI is InChI=1S/C12H14IN3O/c1-14-8-4-7-11-15-16-12(17-11)9-5-2-3-6-10(9)13/h2-3,5-6,14H,4,7-8H2,1H3. The van der Waals surface area contributed by atoms with Crippen molar-refractivity contribution in [3.05, 3.63) is 33.7 Å². The Morgan fingerprint density at radius 1 is 1.29 bits per heavy atom. The van der Waals surface area contributed by atoms with Gasteiger partial charge in [-0.3, -0.25) is 0 Å². The van der Waals surface area contributed by atoms with Crippen LogP contribution in [0.2, 0.25) is 0 Å². The lowest BCUT2D eigenvalue weighted by atomic mass is 10.2. The number of halogens is 1. The molecule has 0 saturated heterocycles. The minimum atomic E-state index is 0.606. The first-order valence-corrected chi connectivity index (χ1v) is 6.61. The molecule has 90 valence electrons.